The van der Waals surface area contributed by atoms with Gasteiger partial charge in [-0.15, -0.1) is 0 Å². The van der Waals surface area contributed by atoms with Gasteiger partial charge in [0.15, 0.2) is 5.69 Å². The van der Waals surface area contributed by atoms with Crippen LogP contribution in [0.4, 0.5) is 6.01 Å². The van der Waals surface area contributed by atoms with Crippen LogP contribution in [-0.2, 0) is 4.74 Å². The molecule has 1 unspecified atom stereocenters. The Kier molecular flexibility index (Phi) is 3.66. The van der Waals surface area contributed by atoms with Gasteiger partial charge in [-0.25, -0.2) is 4.79 Å². The van der Waals surface area contributed by atoms with E-state index in [1.54, 1.807) is 19.3 Å². The highest BCUT2D eigenvalue weighted by Crippen LogP contribution is 2.19. The zero-order valence-corrected chi connectivity index (χ0v) is 10.2. The molecule has 0 radical (unpaired) electrons. The minimum Gasteiger partial charge on any atom is -0.467 e. The molecule has 0 bridgehead atoms. The normalized spacial score (nSPS) is 12.1. The van der Waals surface area contributed by atoms with E-state index in [0.717, 1.165) is 5.76 Å². The van der Waals surface area contributed by atoms with Gasteiger partial charge in [0, 0.05) is 0 Å². The van der Waals surface area contributed by atoms with Gasteiger partial charge in [-0.1, -0.05) is 0 Å². The largest absolute Gasteiger partial charge is 0.467 e. The lowest BCUT2D eigenvalue weighted by atomic mass is 10.3. The summed E-state index contributed by atoms with van der Waals surface area (Å²) in [5.74, 6) is 0.255. The molecule has 2 aromatic rings. The summed E-state index contributed by atoms with van der Waals surface area (Å²) in [6.45, 7) is 3.93. The number of carbonyl (C=O) groups excluding carboxylic acids is 1. The molecule has 0 saturated heterocycles. The maximum Gasteiger partial charge on any atom is 0.360 e. The van der Waals surface area contributed by atoms with Gasteiger partial charge >= 0.3 is 5.97 Å². The number of nitrogens with one attached hydrogen (secondary N) is 1. The maximum atomic E-state index is 11.4. The molecule has 0 fully saturated rings. The number of hydrogen-bond acceptors (Lipinski definition) is 6. The van der Waals surface area contributed by atoms with Gasteiger partial charge in [-0.05, 0) is 26.0 Å². The number of aromatic nitrogens is 1. The van der Waals surface area contributed by atoms with E-state index in [1.165, 1.54) is 6.26 Å². The van der Waals surface area contributed by atoms with Crippen LogP contribution in [0, 0.1) is 0 Å². The van der Waals surface area contributed by atoms with E-state index in [4.69, 9.17) is 13.6 Å². The van der Waals surface area contributed by atoms with Crippen LogP contribution in [-0.4, -0.2) is 17.6 Å². The zero-order valence-electron chi connectivity index (χ0n) is 10.2. The van der Waals surface area contributed by atoms with Crippen molar-refractivity contribution in [2.75, 3.05) is 11.9 Å². The Morgan fingerprint density at radius 1 is 1.56 bits per heavy atom. The molecule has 1 atom stereocenters. The van der Waals surface area contributed by atoms with Crippen molar-refractivity contribution in [1.29, 1.82) is 0 Å². The number of nitrogens with zero attached hydrogens (tertiary/aromatic N) is 1. The second-order valence-electron chi connectivity index (χ2n) is 3.64. The predicted molar refractivity (Wildman–Crippen MR) is 63.2 cm³/mol. The van der Waals surface area contributed by atoms with Gasteiger partial charge in [-0.3, -0.25) is 0 Å². The van der Waals surface area contributed by atoms with E-state index >= 15 is 0 Å². The molecule has 0 aromatic carbocycles. The molecule has 0 aliphatic rings. The minimum absolute atomic E-state index is 0.103. The number of hydrogen-bond donors (Lipinski definition) is 1. The zero-order chi connectivity index (χ0) is 13.0. The van der Waals surface area contributed by atoms with Crippen LogP contribution in [0.15, 0.2) is 33.5 Å². The summed E-state index contributed by atoms with van der Waals surface area (Å²) in [4.78, 5) is 15.4. The van der Waals surface area contributed by atoms with E-state index in [-0.39, 0.29) is 17.8 Å². The highest BCUT2D eigenvalue weighted by molar-refractivity contribution is 5.87. The molecule has 96 valence electrons. The molecule has 0 saturated carbocycles. The Labute approximate surface area is 104 Å². The van der Waals surface area contributed by atoms with Gasteiger partial charge < -0.3 is 18.9 Å². The second kappa shape index (κ2) is 5.39. The molecule has 1 N–H and O–H groups in total. The second-order valence-corrected chi connectivity index (χ2v) is 3.64. The Morgan fingerprint density at radius 2 is 2.39 bits per heavy atom. The number of anilines is 1. The first-order chi connectivity index (χ1) is 8.70. The molecule has 2 heterocycles. The van der Waals surface area contributed by atoms with Gasteiger partial charge in [0.1, 0.15) is 12.0 Å². The fourth-order valence-corrected chi connectivity index (χ4v) is 1.43. The maximum absolute atomic E-state index is 11.4. The van der Waals surface area contributed by atoms with Crippen molar-refractivity contribution in [3.05, 3.63) is 36.1 Å². The lowest BCUT2D eigenvalue weighted by molar-refractivity contribution is 0.0519. The monoisotopic (exact) mass is 250 g/mol. The van der Waals surface area contributed by atoms with Crippen LogP contribution in [0.2, 0.25) is 0 Å². The third kappa shape index (κ3) is 2.71. The van der Waals surface area contributed by atoms with Crippen molar-refractivity contribution in [2.45, 2.75) is 19.9 Å². The van der Waals surface area contributed by atoms with Crippen LogP contribution in [0.1, 0.15) is 36.1 Å². The summed E-state index contributed by atoms with van der Waals surface area (Å²) in [7, 11) is 0. The van der Waals surface area contributed by atoms with Crippen molar-refractivity contribution in [3.8, 4) is 0 Å². The lowest BCUT2D eigenvalue weighted by Gasteiger charge is -2.08. The summed E-state index contributed by atoms with van der Waals surface area (Å²) in [5, 5.41) is 2.98. The fourth-order valence-electron chi connectivity index (χ4n) is 1.43. The highest BCUT2D eigenvalue weighted by atomic mass is 16.5. The Morgan fingerprint density at radius 3 is 3.06 bits per heavy atom. The molecule has 0 aliphatic carbocycles. The third-order valence-corrected chi connectivity index (χ3v) is 2.30. The molecule has 18 heavy (non-hydrogen) atoms. The Bertz CT molecular complexity index is 504. The number of rotatable bonds is 5. The molecule has 6 heteroatoms. The number of oxazole rings is 1. The van der Waals surface area contributed by atoms with Crippen molar-refractivity contribution < 1.29 is 18.4 Å². The first-order valence-electron chi connectivity index (χ1n) is 5.63. The number of furan rings is 1. The first kappa shape index (κ1) is 12.2. The smallest absolute Gasteiger partial charge is 0.360 e. The van der Waals surface area contributed by atoms with Crippen molar-refractivity contribution in [1.82, 2.24) is 4.98 Å². The van der Waals surface area contributed by atoms with Crippen LogP contribution in [0.25, 0.3) is 0 Å². The van der Waals surface area contributed by atoms with Gasteiger partial charge in [-0.2, -0.15) is 4.98 Å². The average Bonchev–Trinajstić information content (AvgIpc) is 2.99. The Balaban J connectivity index is 2.00. The summed E-state index contributed by atoms with van der Waals surface area (Å²) < 4.78 is 15.2. The number of esters is 1. The van der Waals surface area contributed by atoms with Gasteiger partial charge in [0.05, 0.1) is 18.9 Å². The van der Waals surface area contributed by atoms with Crippen LogP contribution < -0.4 is 5.32 Å². The fraction of sp³-hybridized carbons (Fsp3) is 0.333. The molecular weight excluding hydrogens is 236 g/mol. The van der Waals surface area contributed by atoms with Gasteiger partial charge in [0.2, 0.25) is 0 Å². The minimum atomic E-state index is -0.500. The summed E-state index contributed by atoms with van der Waals surface area (Å²) >= 11 is 0. The molecule has 2 aromatic heterocycles. The topological polar surface area (TPSA) is 77.5 Å². The van der Waals surface area contributed by atoms with Crippen LogP contribution in [0.3, 0.4) is 0 Å². The predicted octanol–water partition coefficient (Wildman–Crippen LogP) is 2.62. The quantitative estimate of drug-likeness (QED) is 0.822. The number of ether oxygens (including phenoxy) is 1. The Hall–Kier alpha value is -2.24. The average molecular weight is 250 g/mol. The summed E-state index contributed by atoms with van der Waals surface area (Å²) in [6, 6.07) is 3.79. The van der Waals surface area contributed by atoms with E-state index in [0.29, 0.717) is 6.61 Å². The molecule has 0 aliphatic heterocycles. The first-order valence-corrected chi connectivity index (χ1v) is 5.63. The van der Waals surface area contributed by atoms with E-state index in [9.17, 15) is 4.79 Å². The van der Waals surface area contributed by atoms with E-state index in [2.05, 4.69) is 10.3 Å². The SMILES string of the molecule is CCOC(=O)c1coc(NC(C)c2ccco2)n1. The van der Waals surface area contributed by atoms with Crippen LogP contribution >= 0.6 is 0 Å². The lowest BCUT2D eigenvalue weighted by Crippen LogP contribution is -2.07. The molecule has 0 amide bonds. The van der Waals surface area contributed by atoms with E-state index < -0.39 is 5.97 Å². The van der Waals surface area contributed by atoms with Crippen LogP contribution in [0.5, 0.6) is 0 Å². The number of carbonyl (C=O) groups is 1. The molecular formula is C12H14N2O4. The third-order valence-electron chi connectivity index (χ3n) is 2.30. The van der Waals surface area contributed by atoms with Crippen molar-refractivity contribution in [3.63, 3.8) is 0 Å². The molecule has 6 nitrogen and oxygen atoms in total. The molecule has 2 rings (SSSR count). The van der Waals surface area contributed by atoms with Gasteiger partial charge in [0.25, 0.3) is 6.01 Å². The summed E-state index contributed by atoms with van der Waals surface area (Å²) in [6.07, 6.45) is 2.85. The van der Waals surface area contributed by atoms with E-state index in [1.807, 2.05) is 13.0 Å². The highest BCUT2D eigenvalue weighted by Gasteiger charge is 2.15. The summed E-state index contributed by atoms with van der Waals surface area (Å²) in [5.41, 5.74) is 0.144. The standard InChI is InChI=1S/C12H14N2O4/c1-3-16-11(15)9-7-18-12(14-9)13-8(2)10-5-4-6-17-10/h4-8H,3H2,1-2H3,(H,13,14). The van der Waals surface area contributed by atoms with Crippen molar-refractivity contribution >= 4 is 12.0 Å². The molecule has 0 spiro atoms. The van der Waals surface area contributed by atoms with Crippen molar-refractivity contribution in [2.24, 2.45) is 0 Å².